The summed E-state index contributed by atoms with van der Waals surface area (Å²) in [4.78, 5) is 45.8. The van der Waals surface area contributed by atoms with Gasteiger partial charge in [0, 0.05) is 63.3 Å². The van der Waals surface area contributed by atoms with Crippen LogP contribution in [0.3, 0.4) is 0 Å². The minimum Gasteiger partial charge on any atom is -1.00 e. The average Bonchev–Trinajstić information content (AvgIpc) is 3.61. The van der Waals surface area contributed by atoms with Crippen molar-refractivity contribution < 1.29 is 60.6 Å². The van der Waals surface area contributed by atoms with Crippen molar-refractivity contribution in [3.05, 3.63) is 138 Å². The summed E-state index contributed by atoms with van der Waals surface area (Å²) in [7, 11) is 4.53. The van der Waals surface area contributed by atoms with Crippen LogP contribution in [0.4, 0.5) is 0 Å². The summed E-state index contributed by atoms with van der Waals surface area (Å²) < 4.78 is 12.7. The molecule has 1 amide bonds. The molecule has 4 fully saturated rings. The number of amides is 1. The van der Waals surface area contributed by atoms with Gasteiger partial charge in [0.1, 0.15) is 24.0 Å². The van der Waals surface area contributed by atoms with Gasteiger partial charge in [-0.05, 0) is 87.9 Å². The molecule has 5 heterocycles. The third-order valence-corrected chi connectivity index (χ3v) is 15.0. The second kappa shape index (κ2) is 25.7. The molecule has 67 heavy (non-hydrogen) atoms. The number of aliphatic hydroxyl groups excluding tert-OH is 3. The van der Waals surface area contributed by atoms with Crippen molar-refractivity contribution in [1.82, 2.24) is 14.8 Å². The van der Waals surface area contributed by atoms with E-state index in [-0.39, 0.29) is 66.9 Å². The van der Waals surface area contributed by atoms with E-state index in [1.807, 2.05) is 110 Å². The lowest BCUT2D eigenvalue weighted by atomic mass is 9.94. The van der Waals surface area contributed by atoms with Crippen LogP contribution in [-0.4, -0.2) is 135 Å². The normalized spacial score (nSPS) is 25.1. The lowest BCUT2D eigenvalue weighted by molar-refractivity contribution is -0.968. The van der Waals surface area contributed by atoms with E-state index in [1.54, 1.807) is 17.3 Å². The maximum Gasteiger partial charge on any atom is 0.316 e. The maximum atomic E-state index is 12.7. The molecule has 364 valence electrons. The summed E-state index contributed by atoms with van der Waals surface area (Å²) >= 11 is 0. The Morgan fingerprint density at radius 1 is 0.657 bits per heavy atom. The number of carbonyl (C=O) groups is 3. The minimum atomic E-state index is -0.572. The predicted octanol–water partition coefficient (Wildman–Crippen LogP) is 4.00. The zero-order valence-corrected chi connectivity index (χ0v) is 41.6. The summed E-state index contributed by atoms with van der Waals surface area (Å²) in [5.74, 6) is -2.28. The molecule has 4 bridgehead atoms. The van der Waals surface area contributed by atoms with Crippen molar-refractivity contribution in [3.63, 3.8) is 0 Å². The van der Waals surface area contributed by atoms with Crippen molar-refractivity contribution in [2.24, 2.45) is 0 Å². The van der Waals surface area contributed by atoms with E-state index >= 15 is 0 Å². The van der Waals surface area contributed by atoms with Gasteiger partial charge < -0.3 is 56.1 Å². The van der Waals surface area contributed by atoms with E-state index < -0.39 is 17.8 Å². The number of carbonyl (C=O) groups excluding carboxylic acids is 3. The third-order valence-electron chi connectivity index (χ3n) is 15.0. The van der Waals surface area contributed by atoms with Crippen LogP contribution in [0, 0.1) is 0 Å². The molecule has 0 aliphatic carbocycles. The molecule has 13 heteroatoms. The third kappa shape index (κ3) is 13.4. The van der Waals surface area contributed by atoms with Gasteiger partial charge in [-0.1, -0.05) is 91.0 Å². The van der Waals surface area contributed by atoms with Gasteiger partial charge in [0.15, 0.2) is 0 Å². The molecule has 4 aromatic rings. The fraction of sp³-hybridized carbons (Fsp3) is 0.519. The smallest absolute Gasteiger partial charge is 0.316 e. The number of aliphatic hydroxyl groups is 3. The number of fused-ring (bicyclic) bond motifs is 4. The van der Waals surface area contributed by atoms with Crippen LogP contribution in [0.15, 0.2) is 116 Å². The van der Waals surface area contributed by atoms with Crippen LogP contribution in [0.5, 0.6) is 0 Å². The van der Waals surface area contributed by atoms with Gasteiger partial charge in [0.05, 0.1) is 50.9 Å². The van der Waals surface area contributed by atoms with Crippen LogP contribution in [0.25, 0.3) is 0 Å². The first kappa shape index (κ1) is 53.5. The van der Waals surface area contributed by atoms with E-state index in [0.29, 0.717) is 43.3 Å². The van der Waals surface area contributed by atoms with Crippen LogP contribution >= 0.6 is 0 Å². The molecule has 1 aromatic heterocycles. The Balaban J connectivity index is 0.000000187. The SMILES string of the molecule is CC(C)[N+]1(C)[C@@H]2CC[C@H]1C[C@@H](OC(=O)C(CO)c1ccccc1)C2.CCN(Cc1ccncc1)C(=O)C(CO)c1ccccc1.CN1[C@@H]2CC[C@H]1C[C@@H](OC(=O)C(CO)c1ccccc1)C2.[Br-]. The Bertz CT molecular complexity index is 2070. The topological polar surface area (TPSA) is 150 Å². The van der Waals surface area contributed by atoms with Crippen molar-refractivity contribution in [3.8, 4) is 0 Å². The zero-order chi connectivity index (χ0) is 47.2. The van der Waals surface area contributed by atoms with Gasteiger partial charge in [0.25, 0.3) is 0 Å². The second-order valence-corrected chi connectivity index (χ2v) is 19.0. The summed E-state index contributed by atoms with van der Waals surface area (Å²) in [6.45, 7) is 7.08. The summed E-state index contributed by atoms with van der Waals surface area (Å²) in [6, 6.07) is 34.9. The second-order valence-electron chi connectivity index (χ2n) is 19.0. The van der Waals surface area contributed by atoms with Crippen molar-refractivity contribution in [2.45, 2.75) is 139 Å². The molecule has 12 nitrogen and oxygen atoms in total. The van der Waals surface area contributed by atoms with E-state index in [4.69, 9.17) is 9.47 Å². The molecule has 4 unspecified atom stereocenters. The van der Waals surface area contributed by atoms with Gasteiger partial charge in [-0.15, -0.1) is 0 Å². The first-order chi connectivity index (χ1) is 31.9. The van der Waals surface area contributed by atoms with E-state index in [9.17, 15) is 29.7 Å². The Morgan fingerprint density at radius 2 is 1.06 bits per heavy atom. The number of likely N-dealkylation sites (N-methyl/N-ethyl adjacent to an activating group) is 1. The number of halogens is 1. The lowest BCUT2D eigenvalue weighted by Gasteiger charge is -2.49. The first-order valence-corrected chi connectivity index (χ1v) is 24.0. The number of aromatic nitrogens is 1. The first-order valence-electron chi connectivity index (χ1n) is 24.0. The van der Waals surface area contributed by atoms with Crippen molar-refractivity contribution >= 4 is 17.8 Å². The van der Waals surface area contributed by atoms with Gasteiger partial charge in [-0.3, -0.25) is 19.4 Å². The van der Waals surface area contributed by atoms with Crippen molar-refractivity contribution in [2.75, 3.05) is 40.5 Å². The number of piperidine rings is 2. The Kier molecular flexibility index (Phi) is 20.5. The van der Waals surface area contributed by atoms with Gasteiger partial charge in [-0.25, -0.2) is 0 Å². The maximum absolute atomic E-state index is 12.7. The van der Waals surface area contributed by atoms with Crippen LogP contribution in [-0.2, 0) is 30.4 Å². The molecule has 3 aromatic carbocycles. The molecule has 0 spiro atoms. The van der Waals surface area contributed by atoms with Crippen LogP contribution < -0.4 is 17.0 Å². The summed E-state index contributed by atoms with van der Waals surface area (Å²) in [6.07, 6.45) is 12.1. The molecule has 8 rings (SSSR count). The zero-order valence-electron chi connectivity index (χ0n) is 40.0. The molecular formula is C54H73BrN4O8. The molecular weight excluding hydrogens is 913 g/mol. The number of benzene rings is 3. The number of ether oxygens (including phenoxy) is 2. The summed E-state index contributed by atoms with van der Waals surface area (Å²) in [5, 5.41) is 28.8. The van der Waals surface area contributed by atoms with Gasteiger partial charge in [0.2, 0.25) is 5.91 Å². The molecule has 0 saturated carbocycles. The highest BCUT2D eigenvalue weighted by molar-refractivity contribution is 5.84. The summed E-state index contributed by atoms with van der Waals surface area (Å²) in [5.41, 5.74) is 3.52. The van der Waals surface area contributed by atoms with Crippen molar-refractivity contribution in [1.29, 1.82) is 0 Å². The fourth-order valence-corrected chi connectivity index (χ4v) is 10.8. The minimum absolute atomic E-state index is 0. The molecule has 3 N–H and O–H groups in total. The largest absolute Gasteiger partial charge is 1.00 e. The number of hydrogen-bond donors (Lipinski definition) is 3. The Labute approximate surface area is 408 Å². The monoisotopic (exact) mass is 984 g/mol. The molecule has 4 aliphatic heterocycles. The average molecular weight is 986 g/mol. The molecule has 4 aliphatic rings. The Morgan fingerprint density at radius 3 is 1.45 bits per heavy atom. The van der Waals surface area contributed by atoms with E-state index in [0.717, 1.165) is 52.4 Å². The molecule has 0 radical (unpaired) electrons. The Hall–Kier alpha value is -4.50. The van der Waals surface area contributed by atoms with E-state index in [1.165, 1.54) is 25.7 Å². The van der Waals surface area contributed by atoms with Crippen LogP contribution in [0.1, 0.15) is 112 Å². The number of nitrogens with zero attached hydrogens (tertiary/aromatic N) is 4. The number of esters is 2. The van der Waals surface area contributed by atoms with E-state index in [2.05, 4.69) is 37.8 Å². The molecule has 10 atom stereocenters. The number of quaternary nitrogens is 1. The highest BCUT2D eigenvalue weighted by Crippen LogP contribution is 2.44. The highest BCUT2D eigenvalue weighted by atomic mass is 79.9. The number of hydrogen-bond acceptors (Lipinski definition) is 10. The number of pyridine rings is 1. The van der Waals surface area contributed by atoms with Gasteiger partial charge >= 0.3 is 11.9 Å². The highest BCUT2D eigenvalue weighted by Gasteiger charge is 2.54. The standard InChI is InChI=1S/C20H30NO3.C17H20N2O2.C17H23NO3.BrH/c1-14(2)21(3)16-9-10-17(21)12-18(11-16)24-20(23)19(13-22)15-7-5-4-6-8-15;1-2-19(12-14-8-10-18-11-9-14)17(21)16(13-20)15-6-4-3-5-7-15;1-18-13-7-8-14(18)10-15(9-13)21-17(20)16(11-19)12-5-3-2-4-6-12;/h4-8,14,16-19,22H,9-13H2,1-3H3;3-11,16,20H,2,12-13H2,1H3;2-6,13-16,19H,7-11H2,1H3;1H/q+1;;;/p-1/t16-,17+,18+,19?,21?;;13-,14+,15+,16?;. The predicted molar refractivity (Wildman–Crippen MR) is 255 cm³/mol. The number of rotatable bonds is 15. The quantitative estimate of drug-likeness (QED) is 0.118. The van der Waals surface area contributed by atoms with Gasteiger partial charge in [-0.2, -0.15) is 0 Å². The fourth-order valence-electron chi connectivity index (χ4n) is 10.8. The lowest BCUT2D eigenvalue weighted by Crippen LogP contribution is -3.00. The van der Waals surface area contributed by atoms with Crippen LogP contribution in [0.2, 0.25) is 0 Å². The molecule has 4 saturated heterocycles.